The molecule has 0 radical (unpaired) electrons. The van der Waals surface area contributed by atoms with Crippen LogP contribution in [0, 0.1) is 0 Å². The molecule has 14 heavy (non-hydrogen) atoms. The van der Waals surface area contributed by atoms with Gasteiger partial charge in [0.25, 0.3) is 0 Å². The minimum absolute atomic E-state index is 0.0543. The normalized spacial score (nSPS) is 11.7. The first-order chi connectivity index (χ1) is 6.36. The van der Waals surface area contributed by atoms with Crippen molar-refractivity contribution in [3.63, 3.8) is 0 Å². The first-order valence-electron chi connectivity index (χ1n) is 4.91. The second-order valence-corrected chi connectivity index (χ2v) is 4.60. The Morgan fingerprint density at radius 2 is 1.50 bits per heavy atom. The maximum absolute atomic E-state index is 9.68. The van der Waals surface area contributed by atoms with Gasteiger partial charge in [-0.15, -0.1) is 0 Å². The van der Waals surface area contributed by atoms with Crippen LogP contribution in [-0.2, 0) is 11.8 Å². The Balaban J connectivity index is 3.28. The molecule has 0 saturated heterocycles. The minimum atomic E-state index is -0.0543. The summed E-state index contributed by atoms with van der Waals surface area (Å²) in [5.41, 5.74) is 1.52. The predicted octanol–water partition coefficient (Wildman–Crippen LogP) is 2.96. The molecule has 78 valence electrons. The third-order valence-corrected chi connectivity index (χ3v) is 2.42. The van der Waals surface area contributed by atoms with Gasteiger partial charge < -0.3 is 10.2 Å². The van der Waals surface area contributed by atoms with Crippen molar-refractivity contribution in [1.29, 1.82) is 0 Å². The van der Waals surface area contributed by atoms with Gasteiger partial charge in [-0.2, -0.15) is 0 Å². The Bertz CT molecular complexity index is 312. The van der Waals surface area contributed by atoms with E-state index in [1.165, 1.54) is 0 Å². The van der Waals surface area contributed by atoms with Gasteiger partial charge in [0, 0.05) is 5.56 Å². The smallest absolute Gasteiger partial charge is 0.122 e. The molecule has 0 aliphatic heterocycles. The van der Waals surface area contributed by atoms with Gasteiger partial charge in [0.1, 0.15) is 11.5 Å². The molecule has 2 N–H and O–H groups in total. The van der Waals surface area contributed by atoms with Crippen molar-refractivity contribution in [3.05, 3.63) is 23.3 Å². The lowest BCUT2D eigenvalue weighted by atomic mass is 9.86. The van der Waals surface area contributed by atoms with Gasteiger partial charge in [-0.1, -0.05) is 27.7 Å². The lowest BCUT2D eigenvalue weighted by Gasteiger charge is -2.20. The first-order valence-corrected chi connectivity index (χ1v) is 4.91. The van der Waals surface area contributed by atoms with Crippen LogP contribution in [0.15, 0.2) is 12.1 Å². The first kappa shape index (κ1) is 10.9. The zero-order chi connectivity index (χ0) is 10.9. The quantitative estimate of drug-likeness (QED) is 0.721. The van der Waals surface area contributed by atoms with Crippen molar-refractivity contribution in [3.8, 4) is 11.5 Å². The topological polar surface area (TPSA) is 40.5 Å². The SMILES string of the molecule is CCc1c(O)cc(C(C)(C)C)cc1O. The highest BCUT2D eigenvalue weighted by Gasteiger charge is 2.17. The summed E-state index contributed by atoms with van der Waals surface area (Å²) < 4.78 is 0. The van der Waals surface area contributed by atoms with Crippen LogP contribution in [0.2, 0.25) is 0 Å². The highest BCUT2D eigenvalue weighted by Crippen LogP contribution is 2.34. The third-order valence-electron chi connectivity index (χ3n) is 2.42. The number of phenolic OH excluding ortho intramolecular Hbond substituents is 2. The van der Waals surface area contributed by atoms with Crippen molar-refractivity contribution < 1.29 is 10.2 Å². The Labute approximate surface area is 85.2 Å². The van der Waals surface area contributed by atoms with Crippen molar-refractivity contribution in [2.45, 2.75) is 39.5 Å². The number of aromatic hydroxyl groups is 2. The molecule has 0 bridgehead atoms. The van der Waals surface area contributed by atoms with Gasteiger partial charge in [0.15, 0.2) is 0 Å². The number of hydrogen-bond donors (Lipinski definition) is 2. The standard InChI is InChI=1S/C12H18O2/c1-5-9-10(13)6-8(7-11(9)14)12(2,3)4/h6-7,13-14H,5H2,1-4H3. The van der Waals surface area contributed by atoms with Crippen molar-refractivity contribution >= 4 is 0 Å². The van der Waals surface area contributed by atoms with Crippen LogP contribution < -0.4 is 0 Å². The molecule has 0 aliphatic carbocycles. The van der Waals surface area contributed by atoms with Crippen molar-refractivity contribution in [2.24, 2.45) is 0 Å². The van der Waals surface area contributed by atoms with E-state index in [-0.39, 0.29) is 16.9 Å². The molecule has 2 nitrogen and oxygen atoms in total. The van der Waals surface area contributed by atoms with E-state index in [0.717, 1.165) is 5.56 Å². The molecule has 0 amide bonds. The molecule has 0 aromatic heterocycles. The monoisotopic (exact) mass is 194 g/mol. The van der Waals surface area contributed by atoms with Crippen molar-refractivity contribution in [2.75, 3.05) is 0 Å². The zero-order valence-electron chi connectivity index (χ0n) is 9.26. The van der Waals surface area contributed by atoms with E-state index in [1.807, 2.05) is 27.7 Å². The Morgan fingerprint density at radius 3 is 1.79 bits per heavy atom. The molecule has 0 saturated carbocycles. The highest BCUT2D eigenvalue weighted by atomic mass is 16.3. The van der Waals surface area contributed by atoms with E-state index in [2.05, 4.69) is 0 Å². The second kappa shape index (κ2) is 3.52. The number of benzene rings is 1. The molecular formula is C12H18O2. The summed E-state index contributed by atoms with van der Waals surface area (Å²) in [4.78, 5) is 0. The molecule has 0 unspecified atom stereocenters. The summed E-state index contributed by atoms with van der Waals surface area (Å²) in [5.74, 6) is 0.384. The Hall–Kier alpha value is -1.18. The summed E-state index contributed by atoms with van der Waals surface area (Å²) in [5, 5.41) is 19.4. The van der Waals surface area contributed by atoms with Gasteiger partial charge in [-0.25, -0.2) is 0 Å². The average molecular weight is 194 g/mol. The number of phenols is 2. The van der Waals surface area contributed by atoms with Gasteiger partial charge in [-0.05, 0) is 29.5 Å². The largest absolute Gasteiger partial charge is 0.508 e. The summed E-state index contributed by atoms with van der Waals surface area (Å²) in [6, 6.07) is 3.47. The fourth-order valence-corrected chi connectivity index (χ4v) is 1.44. The minimum Gasteiger partial charge on any atom is -0.508 e. The average Bonchev–Trinajstić information content (AvgIpc) is 2.01. The maximum Gasteiger partial charge on any atom is 0.122 e. The van der Waals surface area contributed by atoms with Crippen LogP contribution in [0.4, 0.5) is 0 Å². The summed E-state index contributed by atoms with van der Waals surface area (Å²) in [6.07, 6.45) is 0.641. The summed E-state index contributed by atoms with van der Waals surface area (Å²) >= 11 is 0. The summed E-state index contributed by atoms with van der Waals surface area (Å²) in [7, 11) is 0. The van der Waals surface area contributed by atoms with Crippen LogP contribution in [0.1, 0.15) is 38.8 Å². The fraction of sp³-hybridized carbons (Fsp3) is 0.500. The van der Waals surface area contributed by atoms with Crippen LogP contribution in [-0.4, -0.2) is 10.2 Å². The number of rotatable bonds is 1. The molecule has 0 fully saturated rings. The number of hydrogen-bond acceptors (Lipinski definition) is 2. The van der Waals surface area contributed by atoms with Gasteiger partial charge in [-0.3, -0.25) is 0 Å². The second-order valence-electron chi connectivity index (χ2n) is 4.60. The lowest BCUT2D eigenvalue weighted by Crippen LogP contribution is -2.11. The van der Waals surface area contributed by atoms with Crippen LogP contribution in [0.3, 0.4) is 0 Å². The molecule has 0 spiro atoms. The van der Waals surface area contributed by atoms with Gasteiger partial charge >= 0.3 is 0 Å². The molecule has 1 aromatic rings. The molecule has 1 rings (SSSR count). The molecule has 0 heterocycles. The van der Waals surface area contributed by atoms with Crippen LogP contribution in [0.25, 0.3) is 0 Å². The molecular weight excluding hydrogens is 176 g/mol. The van der Waals surface area contributed by atoms with E-state index in [9.17, 15) is 10.2 Å². The lowest BCUT2D eigenvalue weighted by molar-refractivity contribution is 0.434. The van der Waals surface area contributed by atoms with Crippen LogP contribution >= 0.6 is 0 Å². The fourth-order valence-electron chi connectivity index (χ4n) is 1.44. The Morgan fingerprint density at radius 1 is 1.07 bits per heavy atom. The molecule has 0 atom stereocenters. The molecule has 0 aliphatic rings. The molecule has 2 heteroatoms. The Kier molecular flexibility index (Phi) is 2.74. The van der Waals surface area contributed by atoms with Gasteiger partial charge in [0.2, 0.25) is 0 Å². The zero-order valence-corrected chi connectivity index (χ0v) is 9.26. The molecule has 1 aromatic carbocycles. The summed E-state index contributed by atoms with van der Waals surface area (Å²) in [6.45, 7) is 8.05. The third kappa shape index (κ3) is 2.00. The van der Waals surface area contributed by atoms with Crippen molar-refractivity contribution in [1.82, 2.24) is 0 Å². The van der Waals surface area contributed by atoms with Gasteiger partial charge in [0.05, 0.1) is 0 Å². The highest BCUT2D eigenvalue weighted by molar-refractivity contribution is 5.48. The van der Waals surface area contributed by atoms with E-state index in [1.54, 1.807) is 12.1 Å². The predicted molar refractivity (Wildman–Crippen MR) is 57.8 cm³/mol. The van der Waals surface area contributed by atoms with Crippen LogP contribution in [0.5, 0.6) is 11.5 Å². The van der Waals surface area contributed by atoms with E-state index in [4.69, 9.17) is 0 Å². The maximum atomic E-state index is 9.68. The van der Waals surface area contributed by atoms with E-state index < -0.39 is 0 Å². The van der Waals surface area contributed by atoms with E-state index >= 15 is 0 Å². The van der Waals surface area contributed by atoms with E-state index in [0.29, 0.717) is 12.0 Å².